The zero-order valence-electron chi connectivity index (χ0n) is 18.6. The third-order valence-electron chi connectivity index (χ3n) is 6.02. The molecule has 34 heavy (non-hydrogen) atoms. The Morgan fingerprint density at radius 3 is 2.44 bits per heavy atom. The highest BCUT2D eigenvalue weighted by Gasteiger charge is 2.26. The Kier molecular flexibility index (Phi) is 7.33. The van der Waals surface area contributed by atoms with Crippen molar-refractivity contribution >= 4 is 43.0 Å². The van der Waals surface area contributed by atoms with Gasteiger partial charge in [-0.1, -0.05) is 28.1 Å². The van der Waals surface area contributed by atoms with E-state index in [1.54, 1.807) is 35.6 Å². The lowest BCUT2D eigenvalue weighted by atomic mass is 10.1. The van der Waals surface area contributed by atoms with Gasteiger partial charge >= 0.3 is 0 Å². The molecule has 3 aromatic rings. The van der Waals surface area contributed by atoms with E-state index in [0.717, 1.165) is 46.5 Å². The minimum absolute atomic E-state index is 0.170. The Hall–Kier alpha value is -1.82. The van der Waals surface area contributed by atoms with E-state index in [4.69, 9.17) is 14.5 Å². The second kappa shape index (κ2) is 10.4. The summed E-state index contributed by atoms with van der Waals surface area (Å²) in [7, 11) is -3.52. The monoisotopic (exact) mass is 563 g/mol. The minimum atomic E-state index is -3.52. The van der Waals surface area contributed by atoms with Gasteiger partial charge in [0.2, 0.25) is 10.0 Å². The van der Waals surface area contributed by atoms with Crippen LogP contribution in [0.15, 0.2) is 68.3 Å². The molecule has 3 heterocycles. The molecule has 1 aromatic heterocycles. The maximum Gasteiger partial charge on any atom is 0.243 e. The number of halogens is 1. The predicted octanol–water partition coefficient (Wildman–Crippen LogP) is 4.41. The minimum Gasteiger partial charge on any atom is -0.379 e. The maximum atomic E-state index is 12.9. The number of hydrogen-bond donors (Lipinski definition) is 0. The Bertz CT molecular complexity index is 1290. The first-order valence-corrected chi connectivity index (χ1v) is 14.4. The summed E-state index contributed by atoms with van der Waals surface area (Å²) in [5.41, 5.74) is 2.93. The van der Waals surface area contributed by atoms with Gasteiger partial charge in [-0.2, -0.15) is 4.31 Å². The van der Waals surface area contributed by atoms with Crippen molar-refractivity contribution in [3.63, 3.8) is 0 Å². The van der Waals surface area contributed by atoms with Crippen molar-refractivity contribution in [2.45, 2.75) is 30.4 Å². The van der Waals surface area contributed by atoms with Crippen molar-refractivity contribution in [3.05, 3.63) is 63.2 Å². The first-order chi connectivity index (χ1) is 16.5. The highest BCUT2D eigenvalue weighted by molar-refractivity contribution is 9.10. The number of ether oxygens (including phenoxy) is 2. The highest BCUT2D eigenvalue weighted by Crippen LogP contribution is 2.26. The van der Waals surface area contributed by atoms with Gasteiger partial charge in [0.15, 0.2) is 4.80 Å². The standard InChI is InChI=1S/C24H26BrN3O4S2/c25-19-5-3-18(4-6-19)23-17-33-24(28(23)16-21-2-1-13-32-21)26-20-7-9-22(10-8-20)34(29,30)27-11-14-31-15-12-27/h3-10,17,21H,1-2,11-16H2. The normalized spacial score (nSPS) is 20.1. The molecule has 0 spiro atoms. The number of hydrogen-bond acceptors (Lipinski definition) is 6. The number of morpholine rings is 1. The molecule has 2 aliphatic rings. The number of thiazole rings is 1. The van der Waals surface area contributed by atoms with E-state index in [1.165, 1.54) is 4.31 Å². The van der Waals surface area contributed by atoms with Gasteiger partial charge in [0.05, 0.1) is 42.1 Å². The second-order valence-electron chi connectivity index (χ2n) is 8.28. The molecular weight excluding hydrogens is 538 g/mol. The Balaban J connectivity index is 1.47. The fourth-order valence-corrected chi connectivity index (χ4v) is 6.79. The van der Waals surface area contributed by atoms with Gasteiger partial charge in [-0.15, -0.1) is 11.3 Å². The van der Waals surface area contributed by atoms with E-state index in [-0.39, 0.29) is 11.0 Å². The molecular formula is C24H26BrN3O4S2. The quantitative estimate of drug-likeness (QED) is 0.445. The van der Waals surface area contributed by atoms with Crippen LogP contribution in [-0.4, -0.2) is 56.3 Å². The molecule has 0 N–H and O–H groups in total. The van der Waals surface area contributed by atoms with E-state index >= 15 is 0 Å². The Morgan fingerprint density at radius 1 is 1.03 bits per heavy atom. The fourth-order valence-electron chi connectivity index (χ4n) is 4.18. The van der Waals surface area contributed by atoms with Gasteiger partial charge in [0.25, 0.3) is 0 Å². The van der Waals surface area contributed by atoms with Crippen molar-refractivity contribution in [1.29, 1.82) is 0 Å². The molecule has 2 aromatic carbocycles. The SMILES string of the molecule is O=S(=O)(c1ccc(N=c2scc(-c3ccc(Br)cc3)n2CC2CCCO2)cc1)N1CCOCC1. The van der Waals surface area contributed by atoms with Gasteiger partial charge in [-0.3, -0.25) is 0 Å². The lowest BCUT2D eigenvalue weighted by Crippen LogP contribution is -2.40. The first-order valence-electron chi connectivity index (χ1n) is 11.3. The van der Waals surface area contributed by atoms with Crippen molar-refractivity contribution in [3.8, 4) is 11.3 Å². The highest BCUT2D eigenvalue weighted by atomic mass is 79.9. The number of sulfonamides is 1. The smallest absolute Gasteiger partial charge is 0.243 e. The number of aromatic nitrogens is 1. The molecule has 10 heteroatoms. The molecule has 0 radical (unpaired) electrons. The van der Waals surface area contributed by atoms with Crippen LogP contribution in [0.1, 0.15) is 12.8 Å². The van der Waals surface area contributed by atoms with E-state index in [1.807, 2.05) is 12.1 Å². The van der Waals surface area contributed by atoms with Crippen LogP contribution in [0.5, 0.6) is 0 Å². The van der Waals surface area contributed by atoms with Gasteiger partial charge in [0, 0.05) is 29.5 Å². The average Bonchev–Trinajstić information content (AvgIpc) is 3.51. The van der Waals surface area contributed by atoms with Crippen LogP contribution in [0, 0.1) is 0 Å². The van der Waals surface area contributed by atoms with Gasteiger partial charge < -0.3 is 14.0 Å². The number of nitrogens with zero attached hydrogens (tertiary/aromatic N) is 3. The summed E-state index contributed by atoms with van der Waals surface area (Å²) in [5.74, 6) is 0. The predicted molar refractivity (Wildman–Crippen MR) is 136 cm³/mol. The lowest BCUT2D eigenvalue weighted by molar-refractivity contribution is 0.0730. The lowest BCUT2D eigenvalue weighted by Gasteiger charge is -2.26. The summed E-state index contributed by atoms with van der Waals surface area (Å²) < 4.78 is 41.7. The largest absolute Gasteiger partial charge is 0.379 e. The van der Waals surface area contributed by atoms with Crippen molar-refractivity contribution < 1.29 is 17.9 Å². The van der Waals surface area contributed by atoms with Crippen molar-refractivity contribution in [2.24, 2.45) is 4.99 Å². The molecule has 0 amide bonds. The van der Waals surface area contributed by atoms with E-state index in [0.29, 0.717) is 32.0 Å². The Labute approximate surface area is 211 Å². The molecule has 5 rings (SSSR count). The topological polar surface area (TPSA) is 73.1 Å². The zero-order chi connectivity index (χ0) is 23.5. The molecule has 0 saturated carbocycles. The molecule has 7 nitrogen and oxygen atoms in total. The van der Waals surface area contributed by atoms with Crippen LogP contribution in [0.4, 0.5) is 5.69 Å². The zero-order valence-corrected chi connectivity index (χ0v) is 21.8. The van der Waals surface area contributed by atoms with E-state index in [2.05, 4.69) is 38.0 Å². The third-order valence-corrected chi connectivity index (χ3v) is 9.32. The molecule has 180 valence electrons. The second-order valence-corrected chi connectivity index (χ2v) is 12.0. The Morgan fingerprint density at radius 2 is 1.76 bits per heavy atom. The van der Waals surface area contributed by atoms with Crippen molar-refractivity contribution in [1.82, 2.24) is 8.87 Å². The van der Waals surface area contributed by atoms with E-state index in [9.17, 15) is 8.42 Å². The third kappa shape index (κ3) is 5.22. The fraction of sp³-hybridized carbons (Fsp3) is 0.375. The molecule has 0 aliphatic carbocycles. The summed E-state index contributed by atoms with van der Waals surface area (Å²) in [6, 6.07) is 15.1. The average molecular weight is 565 g/mol. The van der Waals surface area contributed by atoms with Gasteiger partial charge in [-0.05, 0) is 54.8 Å². The molecule has 1 atom stereocenters. The molecule has 2 aliphatic heterocycles. The molecule has 0 bridgehead atoms. The molecule has 1 unspecified atom stereocenters. The van der Waals surface area contributed by atoms with Crippen LogP contribution in [0.3, 0.4) is 0 Å². The van der Waals surface area contributed by atoms with E-state index < -0.39 is 10.0 Å². The summed E-state index contributed by atoms with van der Waals surface area (Å²) in [6.07, 6.45) is 2.29. The van der Waals surface area contributed by atoms with Crippen LogP contribution < -0.4 is 4.80 Å². The number of benzene rings is 2. The molecule has 2 fully saturated rings. The summed E-state index contributed by atoms with van der Waals surface area (Å²) in [6.45, 7) is 3.15. The summed E-state index contributed by atoms with van der Waals surface area (Å²) >= 11 is 5.08. The summed E-state index contributed by atoms with van der Waals surface area (Å²) in [5, 5.41) is 2.12. The number of rotatable bonds is 6. The maximum absolute atomic E-state index is 12.9. The van der Waals surface area contributed by atoms with Crippen LogP contribution in [-0.2, 0) is 26.0 Å². The molecule has 2 saturated heterocycles. The first kappa shape index (κ1) is 23.9. The van der Waals surface area contributed by atoms with Crippen LogP contribution in [0.25, 0.3) is 11.3 Å². The van der Waals surface area contributed by atoms with Crippen molar-refractivity contribution in [2.75, 3.05) is 32.9 Å². The van der Waals surface area contributed by atoms with Gasteiger partial charge in [0.1, 0.15) is 0 Å². The van der Waals surface area contributed by atoms with Crippen LogP contribution >= 0.6 is 27.3 Å². The van der Waals surface area contributed by atoms with Crippen LogP contribution in [0.2, 0.25) is 0 Å². The van der Waals surface area contributed by atoms with Gasteiger partial charge in [-0.25, -0.2) is 13.4 Å². The summed E-state index contributed by atoms with van der Waals surface area (Å²) in [4.78, 5) is 6.01.